The third-order valence-corrected chi connectivity index (χ3v) is 3.79. The first-order valence-corrected chi connectivity index (χ1v) is 7.52. The Hall–Kier alpha value is -2.53. The van der Waals surface area contributed by atoms with Crippen LogP contribution >= 0.6 is 0 Å². The molecule has 0 aliphatic carbocycles. The molecule has 24 heavy (non-hydrogen) atoms. The lowest BCUT2D eigenvalue weighted by molar-refractivity contribution is 0.0784. The zero-order chi connectivity index (χ0) is 17.5. The average molecular weight is 329 g/mol. The van der Waals surface area contributed by atoms with Crippen LogP contribution in [0, 0.1) is 18.6 Å². The molecule has 3 nitrogen and oxygen atoms in total. The zero-order valence-corrected chi connectivity index (χ0v) is 13.6. The number of ether oxygens (including phenoxy) is 1. The number of hydrogen-bond donors (Lipinski definition) is 1. The SMILES string of the molecule is Cc1nc2c(F)cccc2c(F)c1Oc1cccc(C(C)(C)O)c1. The van der Waals surface area contributed by atoms with Crippen molar-refractivity contribution < 1.29 is 18.6 Å². The molecule has 3 aromatic rings. The molecule has 0 unspecified atom stereocenters. The van der Waals surface area contributed by atoms with Crippen LogP contribution in [0.4, 0.5) is 8.78 Å². The van der Waals surface area contributed by atoms with E-state index in [0.717, 1.165) is 0 Å². The van der Waals surface area contributed by atoms with E-state index in [1.54, 1.807) is 45.0 Å². The number of aliphatic hydroxyl groups is 1. The van der Waals surface area contributed by atoms with Crippen molar-refractivity contribution >= 4 is 10.9 Å². The van der Waals surface area contributed by atoms with Crippen LogP contribution in [0.25, 0.3) is 10.9 Å². The lowest BCUT2D eigenvalue weighted by atomic mass is 9.98. The van der Waals surface area contributed by atoms with Crippen LogP contribution in [0.3, 0.4) is 0 Å². The topological polar surface area (TPSA) is 42.4 Å². The highest BCUT2D eigenvalue weighted by atomic mass is 19.1. The molecular weight excluding hydrogens is 312 g/mol. The normalized spacial score (nSPS) is 11.8. The van der Waals surface area contributed by atoms with Gasteiger partial charge in [-0.15, -0.1) is 0 Å². The molecule has 2 aromatic carbocycles. The highest BCUT2D eigenvalue weighted by Gasteiger charge is 2.19. The molecule has 0 atom stereocenters. The van der Waals surface area contributed by atoms with Gasteiger partial charge in [-0.2, -0.15) is 0 Å². The standard InChI is InChI=1S/C19H17F2NO2/c1-11-18(16(21)14-8-5-9-15(20)17(14)22-11)24-13-7-4-6-12(10-13)19(2,3)23/h4-10,23H,1-3H3. The second-order valence-electron chi connectivity index (χ2n) is 6.17. The van der Waals surface area contributed by atoms with Gasteiger partial charge in [-0.25, -0.2) is 13.8 Å². The number of nitrogens with zero attached hydrogens (tertiary/aromatic N) is 1. The summed E-state index contributed by atoms with van der Waals surface area (Å²) in [7, 11) is 0. The van der Waals surface area contributed by atoms with Crippen LogP contribution in [0.2, 0.25) is 0 Å². The molecule has 1 aromatic heterocycles. The smallest absolute Gasteiger partial charge is 0.184 e. The summed E-state index contributed by atoms with van der Waals surface area (Å²) in [4.78, 5) is 4.11. The number of halogens is 2. The van der Waals surface area contributed by atoms with Gasteiger partial charge in [0.2, 0.25) is 0 Å². The maximum absolute atomic E-state index is 14.7. The third-order valence-electron chi connectivity index (χ3n) is 3.79. The molecule has 3 rings (SSSR count). The van der Waals surface area contributed by atoms with Gasteiger partial charge in [0.15, 0.2) is 11.6 Å². The van der Waals surface area contributed by atoms with Crippen molar-refractivity contribution in [2.75, 3.05) is 0 Å². The maximum Gasteiger partial charge on any atom is 0.184 e. The number of aryl methyl sites for hydroxylation is 1. The van der Waals surface area contributed by atoms with Crippen molar-refractivity contribution in [3.8, 4) is 11.5 Å². The Morgan fingerprint density at radius 2 is 1.79 bits per heavy atom. The van der Waals surface area contributed by atoms with Crippen LogP contribution < -0.4 is 4.74 Å². The Morgan fingerprint density at radius 1 is 1.08 bits per heavy atom. The van der Waals surface area contributed by atoms with Crippen LogP contribution in [0.15, 0.2) is 42.5 Å². The molecule has 0 saturated carbocycles. The number of hydrogen-bond acceptors (Lipinski definition) is 3. The molecule has 0 amide bonds. The monoisotopic (exact) mass is 329 g/mol. The number of rotatable bonds is 3. The fourth-order valence-corrected chi connectivity index (χ4v) is 2.48. The Morgan fingerprint density at radius 3 is 2.50 bits per heavy atom. The molecule has 0 saturated heterocycles. The minimum atomic E-state index is -1.04. The van der Waals surface area contributed by atoms with Gasteiger partial charge in [0, 0.05) is 5.39 Å². The summed E-state index contributed by atoms with van der Waals surface area (Å²) >= 11 is 0. The van der Waals surface area contributed by atoms with Crippen molar-refractivity contribution in [2.45, 2.75) is 26.4 Å². The third kappa shape index (κ3) is 2.95. The molecular formula is C19H17F2NO2. The van der Waals surface area contributed by atoms with Gasteiger partial charge in [-0.05, 0) is 50.6 Å². The molecule has 124 valence electrons. The summed E-state index contributed by atoms with van der Waals surface area (Å²) < 4.78 is 34.2. The summed E-state index contributed by atoms with van der Waals surface area (Å²) in [5.74, 6) is -0.925. The molecule has 1 heterocycles. The Labute approximate surface area is 138 Å². The predicted octanol–water partition coefficient (Wildman–Crippen LogP) is 4.84. The maximum atomic E-state index is 14.7. The van der Waals surface area contributed by atoms with Gasteiger partial charge in [0.1, 0.15) is 17.1 Å². The highest BCUT2D eigenvalue weighted by molar-refractivity contribution is 5.81. The molecule has 0 aliphatic rings. The number of pyridine rings is 1. The Bertz CT molecular complexity index is 917. The average Bonchev–Trinajstić information content (AvgIpc) is 2.52. The molecule has 0 spiro atoms. The second kappa shape index (κ2) is 5.83. The number of aromatic nitrogens is 1. The second-order valence-corrected chi connectivity index (χ2v) is 6.17. The van der Waals surface area contributed by atoms with Crippen molar-refractivity contribution in [3.05, 3.63) is 65.4 Å². The summed E-state index contributed by atoms with van der Waals surface area (Å²) in [6.45, 7) is 4.86. The summed E-state index contributed by atoms with van der Waals surface area (Å²) in [6, 6.07) is 10.9. The largest absolute Gasteiger partial charge is 0.452 e. The van der Waals surface area contributed by atoms with Gasteiger partial charge in [0.25, 0.3) is 0 Å². The molecule has 1 N–H and O–H groups in total. The minimum Gasteiger partial charge on any atom is -0.452 e. The van der Waals surface area contributed by atoms with E-state index in [-0.39, 0.29) is 22.3 Å². The van der Waals surface area contributed by atoms with E-state index in [1.807, 2.05) is 0 Å². The number of benzene rings is 2. The van der Waals surface area contributed by atoms with Gasteiger partial charge < -0.3 is 9.84 Å². The first-order chi connectivity index (χ1) is 11.3. The summed E-state index contributed by atoms with van der Waals surface area (Å²) in [6.07, 6.45) is 0. The van der Waals surface area contributed by atoms with E-state index in [2.05, 4.69) is 4.98 Å². The molecule has 5 heteroatoms. The van der Waals surface area contributed by atoms with Crippen molar-refractivity contribution in [1.82, 2.24) is 4.98 Å². The number of para-hydroxylation sites is 1. The Kier molecular flexibility index (Phi) is 3.97. The van der Waals surface area contributed by atoms with Crippen LogP contribution in [-0.4, -0.2) is 10.1 Å². The van der Waals surface area contributed by atoms with Crippen molar-refractivity contribution in [1.29, 1.82) is 0 Å². The first kappa shape index (κ1) is 16.3. The minimum absolute atomic E-state index is 0.0231. The molecule has 0 bridgehead atoms. The van der Waals surface area contributed by atoms with Crippen molar-refractivity contribution in [2.24, 2.45) is 0 Å². The lowest BCUT2D eigenvalue weighted by Gasteiger charge is -2.19. The summed E-state index contributed by atoms with van der Waals surface area (Å²) in [5.41, 5.74) is -0.181. The van der Waals surface area contributed by atoms with Gasteiger partial charge in [0.05, 0.1) is 11.3 Å². The quantitative estimate of drug-likeness (QED) is 0.747. The van der Waals surface area contributed by atoms with E-state index in [0.29, 0.717) is 11.3 Å². The molecule has 0 aliphatic heterocycles. The van der Waals surface area contributed by atoms with E-state index < -0.39 is 17.2 Å². The first-order valence-electron chi connectivity index (χ1n) is 7.52. The van der Waals surface area contributed by atoms with Gasteiger partial charge in [-0.3, -0.25) is 0 Å². The fourth-order valence-electron chi connectivity index (χ4n) is 2.48. The summed E-state index contributed by atoms with van der Waals surface area (Å²) in [5, 5.41) is 10.1. The fraction of sp³-hybridized carbons (Fsp3) is 0.211. The van der Waals surface area contributed by atoms with E-state index in [1.165, 1.54) is 18.2 Å². The lowest BCUT2D eigenvalue weighted by Crippen LogP contribution is -2.15. The van der Waals surface area contributed by atoms with Crippen molar-refractivity contribution in [3.63, 3.8) is 0 Å². The van der Waals surface area contributed by atoms with Crippen LogP contribution in [0.1, 0.15) is 25.1 Å². The zero-order valence-electron chi connectivity index (χ0n) is 13.6. The molecule has 0 fully saturated rings. The van der Waals surface area contributed by atoms with E-state index in [4.69, 9.17) is 4.74 Å². The number of fused-ring (bicyclic) bond motifs is 1. The highest BCUT2D eigenvalue weighted by Crippen LogP contribution is 2.33. The van der Waals surface area contributed by atoms with Gasteiger partial charge >= 0.3 is 0 Å². The molecule has 0 radical (unpaired) electrons. The van der Waals surface area contributed by atoms with Crippen LogP contribution in [0.5, 0.6) is 11.5 Å². The predicted molar refractivity (Wildman–Crippen MR) is 88.2 cm³/mol. The van der Waals surface area contributed by atoms with Crippen LogP contribution in [-0.2, 0) is 5.60 Å². The van der Waals surface area contributed by atoms with Gasteiger partial charge in [-0.1, -0.05) is 18.2 Å². The van der Waals surface area contributed by atoms with E-state index >= 15 is 0 Å². The van der Waals surface area contributed by atoms with E-state index in [9.17, 15) is 13.9 Å². The Balaban J connectivity index is 2.08.